The van der Waals surface area contributed by atoms with Crippen molar-refractivity contribution in [2.75, 3.05) is 35.1 Å². The summed E-state index contributed by atoms with van der Waals surface area (Å²) in [5, 5.41) is 4.86. The Morgan fingerprint density at radius 1 is 1.18 bits per heavy atom. The molecule has 1 aromatic carbocycles. The summed E-state index contributed by atoms with van der Waals surface area (Å²) in [6.45, 7) is 1.74. The molecular formula is C22H24N2O7S2. The van der Waals surface area contributed by atoms with E-state index >= 15 is 0 Å². The fourth-order valence-electron chi connectivity index (χ4n) is 3.67. The van der Waals surface area contributed by atoms with Gasteiger partial charge in [0.05, 0.1) is 29.2 Å². The van der Waals surface area contributed by atoms with Crippen LogP contribution in [0.25, 0.3) is 0 Å². The number of carbonyl (C=O) groups excluding carboxylic acids is 3. The third-order valence-electron chi connectivity index (χ3n) is 5.37. The smallest absolute Gasteiger partial charge is 0.341 e. The van der Waals surface area contributed by atoms with Crippen LogP contribution in [-0.2, 0) is 24.3 Å². The predicted molar refractivity (Wildman–Crippen MR) is 123 cm³/mol. The summed E-state index contributed by atoms with van der Waals surface area (Å²) in [7, 11) is -3.38. The molecule has 11 heteroatoms. The van der Waals surface area contributed by atoms with Gasteiger partial charge in [-0.3, -0.25) is 9.10 Å². The fourth-order valence-corrected chi connectivity index (χ4v) is 6.27. The van der Waals surface area contributed by atoms with Crippen LogP contribution in [0.3, 0.4) is 0 Å². The van der Waals surface area contributed by atoms with Crippen molar-refractivity contribution in [1.82, 2.24) is 0 Å². The molecule has 4 rings (SSSR count). The molecule has 176 valence electrons. The molecule has 0 atom stereocenters. The van der Waals surface area contributed by atoms with Gasteiger partial charge in [0.1, 0.15) is 5.00 Å². The van der Waals surface area contributed by atoms with Gasteiger partial charge in [0, 0.05) is 6.54 Å². The summed E-state index contributed by atoms with van der Waals surface area (Å²) in [5.41, 5.74) is 1.77. The third kappa shape index (κ3) is 5.19. The van der Waals surface area contributed by atoms with Gasteiger partial charge in [-0.05, 0) is 61.2 Å². The molecule has 1 aliphatic heterocycles. The van der Waals surface area contributed by atoms with E-state index in [0.29, 0.717) is 35.1 Å². The summed E-state index contributed by atoms with van der Waals surface area (Å²) in [5.74, 6) is -1.45. The third-order valence-corrected chi connectivity index (χ3v) is 8.16. The van der Waals surface area contributed by atoms with Crippen molar-refractivity contribution in [1.29, 1.82) is 0 Å². The topological polar surface area (TPSA) is 119 Å². The van der Waals surface area contributed by atoms with Crippen LogP contribution in [-0.4, -0.2) is 51.8 Å². The Morgan fingerprint density at radius 3 is 2.64 bits per heavy atom. The minimum Gasteiger partial charge on any atom is -0.462 e. The van der Waals surface area contributed by atoms with Crippen LogP contribution in [0.2, 0.25) is 0 Å². The molecule has 1 aliphatic carbocycles. The fraction of sp³-hybridized carbons (Fsp3) is 0.409. The first-order valence-corrected chi connectivity index (χ1v) is 13.1. The van der Waals surface area contributed by atoms with Gasteiger partial charge in [0.2, 0.25) is 10.0 Å². The molecule has 1 saturated carbocycles. The van der Waals surface area contributed by atoms with Crippen molar-refractivity contribution < 1.29 is 32.3 Å². The molecule has 0 radical (unpaired) electrons. The minimum absolute atomic E-state index is 0.0703. The Hall–Kier alpha value is -2.92. The average Bonchev–Trinajstić information content (AvgIpc) is 3.45. The standard InChI is InChI=1S/C22H24N2O7S2/c1-2-30-22(27)19-17(14-7-8-14)13-32-20(19)23-18(25)12-31-21(26)15-5-3-6-16(11-15)24-9-4-10-33(24,28)29/h3,5-6,11,13-14H,2,4,7-10,12H2,1H3,(H,23,25). The highest BCUT2D eigenvalue weighted by molar-refractivity contribution is 7.93. The second-order valence-corrected chi connectivity index (χ2v) is 10.7. The van der Waals surface area contributed by atoms with E-state index in [4.69, 9.17) is 9.47 Å². The van der Waals surface area contributed by atoms with Crippen molar-refractivity contribution in [3.63, 3.8) is 0 Å². The number of carbonyl (C=O) groups is 3. The van der Waals surface area contributed by atoms with Gasteiger partial charge < -0.3 is 14.8 Å². The normalized spacial score (nSPS) is 16.9. The first-order chi connectivity index (χ1) is 15.8. The Balaban J connectivity index is 1.39. The van der Waals surface area contributed by atoms with Gasteiger partial charge in [-0.2, -0.15) is 0 Å². The monoisotopic (exact) mass is 492 g/mol. The number of hydrogen-bond donors (Lipinski definition) is 1. The number of ether oxygens (including phenoxy) is 2. The number of sulfonamides is 1. The van der Waals surface area contributed by atoms with E-state index in [2.05, 4.69) is 5.32 Å². The number of nitrogens with zero attached hydrogens (tertiary/aromatic N) is 1. The molecule has 2 fully saturated rings. The zero-order valence-corrected chi connectivity index (χ0v) is 19.7. The highest BCUT2D eigenvalue weighted by atomic mass is 32.2. The maximum absolute atomic E-state index is 12.5. The lowest BCUT2D eigenvalue weighted by molar-refractivity contribution is -0.119. The summed E-state index contributed by atoms with van der Waals surface area (Å²) in [6, 6.07) is 6.10. The largest absolute Gasteiger partial charge is 0.462 e. The highest BCUT2D eigenvalue weighted by Crippen LogP contribution is 2.46. The second kappa shape index (κ2) is 9.52. The summed E-state index contributed by atoms with van der Waals surface area (Å²) >= 11 is 1.24. The highest BCUT2D eigenvalue weighted by Gasteiger charge is 2.32. The number of hydrogen-bond acceptors (Lipinski definition) is 8. The van der Waals surface area contributed by atoms with Crippen molar-refractivity contribution in [2.24, 2.45) is 0 Å². The van der Waals surface area contributed by atoms with Gasteiger partial charge in [-0.15, -0.1) is 11.3 Å². The molecule has 1 N–H and O–H groups in total. The minimum atomic E-state index is -3.38. The Kier molecular flexibility index (Phi) is 6.71. The molecule has 1 amide bonds. The summed E-state index contributed by atoms with van der Waals surface area (Å²) < 4.78 is 35.8. The number of benzene rings is 1. The van der Waals surface area contributed by atoms with Crippen molar-refractivity contribution in [2.45, 2.75) is 32.1 Å². The lowest BCUT2D eigenvalue weighted by atomic mass is 10.1. The molecule has 9 nitrogen and oxygen atoms in total. The van der Waals surface area contributed by atoms with Gasteiger partial charge >= 0.3 is 11.9 Å². The van der Waals surface area contributed by atoms with Crippen molar-refractivity contribution >= 4 is 49.9 Å². The predicted octanol–water partition coefficient (Wildman–Crippen LogP) is 3.14. The molecule has 2 aliphatic rings. The van der Waals surface area contributed by atoms with Gasteiger partial charge in [0.15, 0.2) is 6.61 Å². The van der Waals surface area contributed by atoms with E-state index in [1.54, 1.807) is 19.1 Å². The van der Waals surface area contributed by atoms with Gasteiger partial charge in [0.25, 0.3) is 5.91 Å². The molecule has 2 heterocycles. The van der Waals surface area contributed by atoms with E-state index in [0.717, 1.165) is 18.4 Å². The molecular weight excluding hydrogens is 468 g/mol. The molecule has 1 saturated heterocycles. The number of esters is 2. The molecule has 0 spiro atoms. The molecule has 0 bridgehead atoms. The summed E-state index contributed by atoms with van der Waals surface area (Å²) in [4.78, 5) is 37.3. The van der Waals surface area contributed by atoms with Crippen LogP contribution in [0.5, 0.6) is 0 Å². The van der Waals surface area contributed by atoms with Gasteiger partial charge in [-0.25, -0.2) is 18.0 Å². The Morgan fingerprint density at radius 2 is 1.97 bits per heavy atom. The summed E-state index contributed by atoms with van der Waals surface area (Å²) in [6.07, 6.45) is 2.51. The lowest BCUT2D eigenvalue weighted by Crippen LogP contribution is -2.25. The Labute approximate surface area is 195 Å². The Bertz CT molecular complexity index is 1190. The molecule has 2 aromatic rings. The van der Waals surface area contributed by atoms with Crippen LogP contribution in [0.4, 0.5) is 10.7 Å². The quantitative estimate of drug-likeness (QED) is 0.562. The average molecular weight is 493 g/mol. The van der Waals surface area contributed by atoms with E-state index in [-0.39, 0.29) is 17.9 Å². The number of amides is 1. The van der Waals surface area contributed by atoms with E-state index in [1.807, 2.05) is 5.38 Å². The van der Waals surface area contributed by atoms with Crippen molar-refractivity contribution in [3.05, 3.63) is 46.3 Å². The first kappa shape index (κ1) is 23.2. The second-order valence-electron chi connectivity index (χ2n) is 7.81. The first-order valence-electron chi connectivity index (χ1n) is 10.7. The zero-order valence-electron chi connectivity index (χ0n) is 18.0. The van der Waals surface area contributed by atoms with Crippen molar-refractivity contribution in [3.8, 4) is 0 Å². The van der Waals surface area contributed by atoms with E-state index < -0.39 is 34.5 Å². The zero-order chi connectivity index (χ0) is 23.6. The van der Waals surface area contributed by atoms with E-state index in [1.165, 1.54) is 27.8 Å². The van der Waals surface area contributed by atoms with Gasteiger partial charge in [-0.1, -0.05) is 6.07 Å². The van der Waals surface area contributed by atoms with Crippen LogP contribution >= 0.6 is 11.3 Å². The van der Waals surface area contributed by atoms with E-state index in [9.17, 15) is 22.8 Å². The van der Waals surface area contributed by atoms with Crippen LogP contribution in [0, 0.1) is 0 Å². The molecule has 1 aromatic heterocycles. The number of anilines is 2. The lowest BCUT2D eigenvalue weighted by Gasteiger charge is -2.17. The number of rotatable bonds is 8. The maximum atomic E-state index is 12.5. The van der Waals surface area contributed by atoms with Crippen LogP contribution < -0.4 is 9.62 Å². The number of thiophene rings is 1. The SMILES string of the molecule is CCOC(=O)c1c(C2CC2)csc1NC(=O)COC(=O)c1cccc(N2CCCS2(=O)=O)c1. The maximum Gasteiger partial charge on any atom is 0.341 e. The van der Waals surface area contributed by atoms with Crippen LogP contribution in [0.15, 0.2) is 29.6 Å². The number of nitrogens with one attached hydrogen (secondary N) is 1. The molecule has 33 heavy (non-hydrogen) atoms. The van der Waals surface area contributed by atoms with Crippen LogP contribution in [0.1, 0.15) is 58.4 Å². The molecule has 0 unspecified atom stereocenters.